The first-order valence-corrected chi connectivity index (χ1v) is 10.3. The van der Waals surface area contributed by atoms with Crippen molar-refractivity contribution >= 4 is 5.97 Å². The lowest BCUT2D eigenvalue weighted by molar-refractivity contribution is -0.141. The molecule has 1 aromatic carbocycles. The quantitative estimate of drug-likeness (QED) is 0.782. The monoisotopic (exact) mass is 378 g/mol. The molecule has 0 saturated heterocycles. The highest BCUT2D eigenvalue weighted by Gasteiger charge is 2.44. The van der Waals surface area contributed by atoms with Crippen LogP contribution in [0.4, 0.5) is 0 Å². The predicted octanol–water partition coefficient (Wildman–Crippen LogP) is 4.13. The molecule has 0 bridgehead atoms. The van der Waals surface area contributed by atoms with E-state index in [0.29, 0.717) is 12.5 Å². The lowest BCUT2D eigenvalue weighted by Crippen LogP contribution is -2.44. The Morgan fingerprint density at radius 3 is 2.86 bits per heavy atom. The first-order chi connectivity index (χ1) is 13.6. The molecule has 1 aromatic rings. The zero-order valence-corrected chi connectivity index (χ0v) is 17.0. The summed E-state index contributed by atoms with van der Waals surface area (Å²) in [6.45, 7) is 4.69. The zero-order chi connectivity index (χ0) is 19.7. The molecule has 4 heteroatoms. The summed E-state index contributed by atoms with van der Waals surface area (Å²) in [6, 6.07) is 11.3. The average molecular weight is 379 g/mol. The number of carbonyl (C=O) groups excluding carboxylic acids is 1. The van der Waals surface area contributed by atoms with Crippen molar-refractivity contribution in [2.75, 3.05) is 13.7 Å². The molecule has 4 atom stereocenters. The Hall–Kier alpha value is -2.33. The summed E-state index contributed by atoms with van der Waals surface area (Å²) in [7, 11) is 1.47. The Labute approximate surface area is 167 Å². The van der Waals surface area contributed by atoms with Crippen LogP contribution in [0.25, 0.3) is 0 Å². The van der Waals surface area contributed by atoms with Crippen LogP contribution in [0.2, 0.25) is 0 Å². The number of nitrogens with zero attached hydrogens (tertiary/aromatic N) is 1. The highest BCUT2D eigenvalue weighted by molar-refractivity contribution is 5.72. The second kappa shape index (κ2) is 7.96. The largest absolute Gasteiger partial charge is 0.468 e. The number of allylic oxidation sites excluding steroid dienone is 2. The molecular formula is C24H30N2O2. The summed E-state index contributed by atoms with van der Waals surface area (Å²) in [4.78, 5) is 14.5. The number of fused-ring (bicyclic) bond motifs is 2. The van der Waals surface area contributed by atoms with Crippen LogP contribution in [0.15, 0.2) is 65.4 Å². The van der Waals surface area contributed by atoms with Crippen molar-refractivity contribution in [2.24, 2.45) is 5.92 Å². The van der Waals surface area contributed by atoms with Crippen LogP contribution in [0.3, 0.4) is 0 Å². The van der Waals surface area contributed by atoms with E-state index in [9.17, 15) is 4.79 Å². The van der Waals surface area contributed by atoms with Gasteiger partial charge in [-0.15, -0.1) is 0 Å². The molecule has 4 rings (SSSR count). The van der Waals surface area contributed by atoms with E-state index >= 15 is 0 Å². The van der Waals surface area contributed by atoms with Gasteiger partial charge in [0.2, 0.25) is 0 Å². The van der Waals surface area contributed by atoms with Crippen LogP contribution in [-0.2, 0) is 9.53 Å². The van der Waals surface area contributed by atoms with Crippen molar-refractivity contribution in [1.29, 1.82) is 0 Å². The molecule has 148 valence electrons. The smallest absolute Gasteiger partial charge is 0.325 e. The number of carbonyl (C=O) groups is 1. The molecule has 4 nitrogen and oxygen atoms in total. The molecule has 3 aliphatic rings. The van der Waals surface area contributed by atoms with Crippen LogP contribution < -0.4 is 5.32 Å². The van der Waals surface area contributed by atoms with Crippen LogP contribution in [0.1, 0.15) is 44.7 Å². The van der Waals surface area contributed by atoms with Gasteiger partial charge in [0.05, 0.1) is 13.2 Å². The Balaban J connectivity index is 1.65. The van der Waals surface area contributed by atoms with Gasteiger partial charge in [-0.05, 0) is 44.2 Å². The van der Waals surface area contributed by atoms with Gasteiger partial charge < -0.3 is 15.0 Å². The molecule has 1 aliphatic heterocycles. The van der Waals surface area contributed by atoms with Crippen LogP contribution in [0.5, 0.6) is 0 Å². The Morgan fingerprint density at radius 2 is 2.11 bits per heavy atom. The van der Waals surface area contributed by atoms with Crippen LogP contribution >= 0.6 is 0 Å². The maximum absolute atomic E-state index is 12.2. The number of esters is 1. The van der Waals surface area contributed by atoms with Crippen molar-refractivity contribution < 1.29 is 9.53 Å². The molecule has 4 unspecified atom stereocenters. The Kier molecular flexibility index (Phi) is 5.40. The summed E-state index contributed by atoms with van der Waals surface area (Å²) >= 11 is 0. The molecule has 1 N–H and O–H groups in total. The van der Waals surface area contributed by atoms with E-state index < -0.39 is 0 Å². The predicted molar refractivity (Wildman–Crippen MR) is 112 cm³/mol. The average Bonchev–Trinajstić information content (AvgIpc) is 3.02. The van der Waals surface area contributed by atoms with Crippen LogP contribution in [0, 0.1) is 5.92 Å². The molecule has 28 heavy (non-hydrogen) atoms. The fourth-order valence-corrected chi connectivity index (χ4v) is 4.98. The number of hydrogen-bond acceptors (Lipinski definition) is 4. The number of ether oxygens (including phenoxy) is 1. The van der Waals surface area contributed by atoms with Gasteiger partial charge in [0.1, 0.15) is 6.54 Å². The highest BCUT2D eigenvalue weighted by Crippen LogP contribution is 2.45. The van der Waals surface area contributed by atoms with E-state index in [0.717, 1.165) is 12.8 Å². The van der Waals surface area contributed by atoms with E-state index in [1.165, 1.54) is 35.9 Å². The number of hydrogen-bond donors (Lipinski definition) is 1. The summed E-state index contributed by atoms with van der Waals surface area (Å²) in [5.74, 6) is 0.203. The lowest BCUT2D eigenvalue weighted by Gasteiger charge is -2.35. The maximum Gasteiger partial charge on any atom is 0.325 e. The standard InChI is InChI=1S/C24H30N2O2/c1-16-12-13-22-20(14-16)19-10-7-11-21(24(19)26(22)15-23(27)28-3)25-17(2)18-8-5-4-6-9-18/h4-6,8-9,12-14,17,20-22,25H,7,10-11,15H2,1-3H3. The van der Waals surface area contributed by atoms with Crippen molar-refractivity contribution in [1.82, 2.24) is 10.2 Å². The number of nitrogens with one attached hydrogen (secondary N) is 1. The minimum Gasteiger partial charge on any atom is -0.468 e. The van der Waals surface area contributed by atoms with Crippen molar-refractivity contribution in [3.8, 4) is 0 Å². The molecule has 0 spiro atoms. The maximum atomic E-state index is 12.2. The SMILES string of the molecule is COC(=O)CN1C2=C(CCCC2NC(C)c2ccccc2)C2C=C(C)C=CC21. The third-order valence-electron chi connectivity index (χ3n) is 6.31. The molecule has 0 aromatic heterocycles. The summed E-state index contributed by atoms with van der Waals surface area (Å²) in [6.07, 6.45) is 10.2. The number of rotatable bonds is 5. The van der Waals surface area contributed by atoms with Crippen molar-refractivity contribution in [3.05, 3.63) is 71.0 Å². The molecule has 0 fully saturated rings. The van der Waals surface area contributed by atoms with Crippen molar-refractivity contribution in [2.45, 2.75) is 51.2 Å². The van der Waals surface area contributed by atoms with E-state index in [1.807, 2.05) is 0 Å². The number of benzene rings is 1. The summed E-state index contributed by atoms with van der Waals surface area (Å²) in [5.41, 5.74) is 5.42. The second-order valence-electron chi connectivity index (χ2n) is 8.14. The first kappa shape index (κ1) is 19.0. The van der Waals surface area contributed by atoms with E-state index in [4.69, 9.17) is 4.74 Å². The fraction of sp³-hybridized carbons (Fsp3) is 0.458. The lowest BCUT2D eigenvalue weighted by atomic mass is 9.82. The van der Waals surface area contributed by atoms with E-state index in [1.54, 1.807) is 0 Å². The second-order valence-corrected chi connectivity index (χ2v) is 8.14. The van der Waals surface area contributed by atoms with Crippen LogP contribution in [-0.4, -0.2) is 36.6 Å². The van der Waals surface area contributed by atoms with Gasteiger partial charge >= 0.3 is 5.97 Å². The van der Waals surface area contributed by atoms with Gasteiger partial charge in [-0.1, -0.05) is 54.1 Å². The molecule has 0 amide bonds. The minimum atomic E-state index is -0.174. The molecule has 1 heterocycles. The van der Waals surface area contributed by atoms with Crippen molar-refractivity contribution in [3.63, 3.8) is 0 Å². The molecule has 0 saturated carbocycles. The summed E-state index contributed by atoms with van der Waals surface area (Å²) in [5, 5.41) is 3.85. The van der Waals surface area contributed by atoms with Gasteiger partial charge in [-0.3, -0.25) is 4.79 Å². The third-order valence-corrected chi connectivity index (χ3v) is 6.31. The minimum absolute atomic E-state index is 0.174. The molecular weight excluding hydrogens is 348 g/mol. The normalized spacial score (nSPS) is 27.2. The van der Waals surface area contributed by atoms with Gasteiger partial charge in [0.15, 0.2) is 0 Å². The van der Waals surface area contributed by atoms with Gasteiger partial charge in [-0.2, -0.15) is 0 Å². The first-order valence-electron chi connectivity index (χ1n) is 10.3. The highest BCUT2D eigenvalue weighted by atomic mass is 16.5. The third kappa shape index (κ3) is 3.53. The Morgan fingerprint density at radius 1 is 1.32 bits per heavy atom. The Bertz CT molecular complexity index is 824. The fourth-order valence-electron chi connectivity index (χ4n) is 4.98. The summed E-state index contributed by atoms with van der Waals surface area (Å²) < 4.78 is 5.02. The molecule has 2 aliphatic carbocycles. The van der Waals surface area contributed by atoms with E-state index in [-0.39, 0.29) is 24.1 Å². The zero-order valence-electron chi connectivity index (χ0n) is 17.0. The van der Waals surface area contributed by atoms with Gasteiger partial charge in [0.25, 0.3) is 0 Å². The number of methoxy groups -OCH3 is 1. The van der Waals surface area contributed by atoms with E-state index in [2.05, 4.69) is 72.6 Å². The van der Waals surface area contributed by atoms with Gasteiger partial charge in [0, 0.05) is 23.7 Å². The van der Waals surface area contributed by atoms with Gasteiger partial charge in [-0.25, -0.2) is 0 Å². The topological polar surface area (TPSA) is 41.6 Å². The molecule has 0 radical (unpaired) electrons.